The maximum absolute atomic E-state index is 13.5. The number of Topliss-reactive ketones (excluding diaryl/α,β-unsaturated/α-hetero) is 1. The standard InChI is InChI=1S/C25H22O3/c26-23-22-14-8-7-13-21(22)15-16-25(23,17-19-9-3-1-4-10-19)24(27)28-18-20-11-5-2-6-12-20/h1-14H,15-18H2/t25-/m0/s1. The highest BCUT2D eigenvalue weighted by molar-refractivity contribution is 6.14. The van der Waals surface area contributed by atoms with E-state index in [-0.39, 0.29) is 12.4 Å². The van der Waals surface area contributed by atoms with Crippen LogP contribution in [0.4, 0.5) is 0 Å². The van der Waals surface area contributed by atoms with Crippen LogP contribution in [0.25, 0.3) is 0 Å². The molecule has 0 saturated heterocycles. The second kappa shape index (κ2) is 7.81. The molecule has 0 fully saturated rings. The second-order valence-electron chi connectivity index (χ2n) is 7.29. The van der Waals surface area contributed by atoms with Gasteiger partial charge in [-0.3, -0.25) is 9.59 Å². The van der Waals surface area contributed by atoms with Crippen LogP contribution in [0.2, 0.25) is 0 Å². The summed E-state index contributed by atoms with van der Waals surface area (Å²) in [5.74, 6) is -0.559. The molecule has 0 aromatic heterocycles. The van der Waals surface area contributed by atoms with Crippen molar-refractivity contribution in [2.24, 2.45) is 5.41 Å². The first-order chi connectivity index (χ1) is 13.7. The van der Waals surface area contributed by atoms with Crippen molar-refractivity contribution >= 4 is 11.8 Å². The summed E-state index contributed by atoms with van der Waals surface area (Å²) in [6.45, 7) is 0.172. The summed E-state index contributed by atoms with van der Waals surface area (Å²) in [5.41, 5.74) is 2.35. The lowest BCUT2D eigenvalue weighted by Crippen LogP contribution is -2.45. The zero-order chi connectivity index (χ0) is 19.4. The van der Waals surface area contributed by atoms with Gasteiger partial charge in [0, 0.05) is 5.56 Å². The minimum absolute atomic E-state index is 0.128. The smallest absolute Gasteiger partial charge is 0.320 e. The average Bonchev–Trinajstić information content (AvgIpc) is 2.76. The largest absolute Gasteiger partial charge is 0.460 e. The summed E-state index contributed by atoms with van der Waals surface area (Å²) in [5, 5.41) is 0. The van der Waals surface area contributed by atoms with Crippen LogP contribution < -0.4 is 0 Å². The molecule has 0 N–H and O–H groups in total. The number of ketones is 1. The van der Waals surface area contributed by atoms with Crippen LogP contribution in [0.5, 0.6) is 0 Å². The molecule has 1 aliphatic rings. The second-order valence-corrected chi connectivity index (χ2v) is 7.29. The number of carbonyl (C=O) groups excluding carboxylic acids is 2. The maximum Gasteiger partial charge on any atom is 0.320 e. The maximum atomic E-state index is 13.5. The molecule has 0 heterocycles. The van der Waals surface area contributed by atoms with Gasteiger partial charge in [0.25, 0.3) is 0 Å². The fourth-order valence-electron chi connectivity index (χ4n) is 3.92. The van der Waals surface area contributed by atoms with Crippen molar-refractivity contribution in [3.8, 4) is 0 Å². The van der Waals surface area contributed by atoms with Crippen molar-refractivity contribution in [2.45, 2.75) is 25.9 Å². The first-order valence-corrected chi connectivity index (χ1v) is 9.57. The summed E-state index contributed by atoms with van der Waals surface area (Å²) in [7, 11) is 0. The van der Waals surface area contributed by atoms with Crippen molar-refractivity contribution in [1.29, 1.82) is 0 Å². The average molecular weight is 370 g/mol. The molecule has 0 radical (unpaired) electrons. The Morgan fingerprint density at radius 2 is 1.43 bits per heavy atom. The van der Waals surface area contributed by atoms with Gasteiger partial charge in [-0.25, -0.2) is 0 Å². The van der Waals surface area contributed by atoms with Gasteiger partial charge in [0.1, 0.15) is 12.0 Å². The van der Waals surface area contributed by atoms with Gasteiger partial charge >= 0.3 is 5.97 Å². The lowest BCUT2D eigenvalue weighted by atomic mass is 9.67. The van der Waals surface area contributed by atoms with E-state index >= 15 is 0 Å². The molecule has 0 saturated carbocycles. The Morgan fingerprint density at radius 1 is 0.821 bits per heavy atom. The minimum atomic E-state index is -1.18. The van der Waals surface area contributed by atoms with E-state index in [1.807, 2.05) is 84.9 Å². The zero-order valence-corrected chi connectivity index (χ0v) is 15.6. The third-order valence-corrected chi connectivity index (χ3v) is 5.47. The molecule has 0 amide bonds. The summed E-state index contributed by atoms with van der Waals surface area (Å²) in [6.07, 6.45) is 1.51. The first kappa shape index (κ1) is 18.2. The molecule has 140 valence electrons. The van der Waals surface area contributed by atoms with Gasteiger partial charge in [0.2, 0.25) is 0 Å². The van der Waals surface area contributed by atoms with Gasteiger partial charge in [-0.2, -0.15) is 0 Å². The molecule has 0 bridgehead atoms. The van der Waals surface area contributed by atoms with Crippen molar-refractivity contribution in [3.63, 3.8) is 0 Å². The molecule has 4 rings (SSSR count). The lowest BCUT2D eigenvalue weighted by molar-refractivity contribution is -0.154. The Labute approximate surface area is 165 Å². The van der Waals surface area contributed by atoms with E-state index in [1.165, 1.54) is 0 Å². The highest BCUT2D eigenvalue weighted by Gasteiger charge is 2.50. The molecule has 3 aromatic carbocycles. The predicted octanol–water partition coefficient (Wildman–Crippen LogP) is 4.79. The fraction of sp³-hybridized carbons (Fsp3) is 0.200. The number of fused-ring (bicyclic) bond motifs is 1. The Kier molecular flexibility index (Phi) is 5.07. The number of rotatable bonds is 5. The van der Waals surface area contributed by atoms with Crippen LogP contribution >= 0.6 is 0 Å². The van der Waals surface area contributed by atoms with E-state index in [0.717, 1.165) is 16.7 Å². The lowest BCUT2D eigenvalue weighted by Gasteiger charge is -2.34. The first-order valence-electron chi connectivity index (χ1n) is 9.57. The quantitative estimate of drug-likeness (QED) is 0.479. The van der Waals surface area contributed by atoms with Gasteiger partial charge in [-0.05, 0) is 36.0 Å². The predicted molar refractivity (Wildman–Crippen MR) is 108 cm³/mol. The highest BCUT2D eigenvalue weighted by Crippen LogP contribution is 2.39. The number of benzene rings is 3. The van der Waals surface area contributed by atoms with Gasteiger partial charge in [-0.1, -0.05) is 84.9 Å². The van der Waals surface area contributed by atoms with Gasteiger partial charge < -0.3 is 4.74 Å². The third kappa shape index (κ3) is 3.48. The number of esters is 1. The van der Waals surface area contributed by atoms with Crippen LogP contribution in [0.3, 0.4) is 0 Å². The number of carbonyl (C=O) groups is 2. The summed E-state index contributed by atoms with van der Waals surface area (Å²) < 4.78 is 5.67. The summed E-state index contributed by atoms with van der Waals surface area (Å²) in [6, 6.07) is 26.8. The number of hydrogen-bond acceptors (Lipinski definition) is 3. The highest BCUT2D eigenvalue weighted by atomic mass is 16.5. The third-order valence-electron chi connectivity index (χ3n) is 5.47. The normalized spacial score (nSPS) is 18.4. The summed E-state index contributed by atoms with van der Waals surface area (Å²) in [4.78, 5) is 26.8. The molecule has 3 heteroatoms. The molecule has 28 heavy (non-hydrogen) atoms. The Balaban J connectivity index is 1.66. The Hall–Kier alpha value is -3.20. The molecule has 1 aliphatic carbocycles. The SMILES string of the molecule is O=C(OCc1ccccc1)[C@]1(Cc2ccccc2)CCc2ccccc2C1=O. The molecule has 3 nitrogen and oxygen atoms in total. The Bertz CT molecular complexity index is 979. The minimum Gasteiger partial charge on any atom is -0.460 e. The van der Waals surface area contributed by atoms with E-state index in [0.29, 0.717) is 24.8 Å². The zero-order valence-electron chi connectivity index (χ0n) is 15.6. The van der Waals surface area contributed by atoms with E-state index in [9.17, 15) is 9.59 Å². The van der Waals surface area contributed by atoms with Crippen LogP contribution in [0.1, 0.15) is 33.5 Å². The number of ether oxygens (including phenoxy) is 1. The molecule has 0 spiro atoms. The monoisotopic (exact) mass is 370 g/mol. The van der Waals surface area contributed by atoms with Crippen molar-refractivity contribution in [3.05, 3.63) is 107 Å². The topological polar surface area (TPSA) is 43.4 Å². The fourth-order valence-corrected chi connectivity index (χ4v) is 3.92. The molecule has 1 atom stereocenters. The molecule has 3 aromatic rings. The van der Waals surface area contributed by atoms with Crippen molar-refractivity contribution in [1.82, 2.24) is 0 Å². The Morgan fingerprint density at radius 3 is 2.14 bits per heavy atom. The van der Waals surface area contributed by atoms with Crippen LogP contribution in [-0.2, 0) is 29.0 Å². The van der Waals surface area contributed by atoms with E-state index in [4.69, 9.17) is 4.74 Å². The van der Waals surface area contributed by atoms with Gasteiger partial charge in [0.05, 0.1) is 0 Å². The molecular formula is C25H22O3. The number of hydrogen-bond donors (Lipinski definition) is 0. The van der Waals surface area contributed by atoms with E-state index < -0.39 is 11.4 Å². The molecule has 0 unspecified atom stereocenters. The molecule has 0 aliphatic heterocycles. The number of aryl methyl sites for hydroxylation is 1. The van der Waals surface area contributed by atoms with Crippen LogP contribution in [-0.4, -0.2) is 11.8 Å². The van der Waals surface area contributed by atoms with Crippen molar-refractivity contribution in [2.75, 3.05) is 0 Å². The van der Waals surface area contributed by atoms with E-state index in [2.05, 4.69) is 0 Å². The van der Waals surface area contributed by atoms with Gasteiger partial charge in [0.15, 0.2) is 5.78 Å². The summed E-state index contributed by atoms with van der Waals surface area (Å²) >= 11 is 0. The van der Waals surface area contributed by atoms with Crippen LogP contribution in [0, 0.1) is 5.41 Å². The van der Waals surface area contributed by atoms with E-state index in [1.54, 1.807) is 0 Å². The van der Waals surface area contributed by atoms with Gasteiger partial charge in [-0.15, -0.1) is 0 Å². The molecular weight excluding hydrogens is 348 g/mol. The van der Waals surface area contributed by atoms with Crippen LogP contribution in [0.15, 0.2) is 84.9 Å². The van der Waals surface area contributed by atoms with Crippen molar-refractivity contribution < 1.29 is 14.3 Å².